The molecule has 4 nitrogen and oxygen atoms in total. The predicted molar refractivity (Wildman–Crippen MR) is 260 cm³/mol. The molecule has 0 radical (unpaired) electrons. The van der Waals surface area contributed by atoms with E-state index in [4.69, 9.17) is 8.83 Å². The minimum Gasteiger partial charge on any atom is -0.452 e. The van der Waals surface area contributed by atoms with Gasteiger partial charge >= 0.3 is 0 Å². The third kappa shape index (κ3) is 5.14. The lowest BCUT2D eigenvalue weighted by Gasteiger charge is -2.28. The average Bonchev–Trinajstić information content (AvgIpc) is 3.91. The summed E-state index contributed by atoms with van der Waals surface area (Å²) in [5, 5.41) is 13.4. The molecule has 2 aromatic heterocycles. The number of fused-ring (bicyclic) bond motifs is 13. The Labute approximate surface area is 356 Å². The quantitative estimate of drug-likeness (QED) is 0.168. The lowest BCUT2D eigenvalue weighted by Crippen LogP contribution is -2.11. The Kier molecular flexibility index (Phi) is 7.57. The fourth-order valence-corrected chi connectivity index (χ4v) is 9.90. The lowest BCUT2D eigenvalue weighted by atomic mass is 9.98. The molecule has 0 saturated heterocycles. The van der Waals surface area contributed by atoms with Crippen LogP contribution >= 0.6 is 0 Å². The van der Waals surface area contributed by atoms with Crippen LogP contribution in [-0.4, -0.2) is 0 Å². The molecule has 0 spiro atoms. The van der Waals surface area contributed by atoms with Gasteiger partial charge in [0.2, 0.25) is 0 Å². The zero-order valence-corrected chi connectivity index (χ0v) is 33.5. The van der Waals surface area contributed by atoms with Crippen molar-refractivity contribution in [2.45, 2.75) is 0 Å². The normalized spacial score (nSPS) is 11.9. The molecule has 13 rings (SSSR count). The maximum atomic E-state index is 7.10. The van der Waals surface area contributed by atoms with Crippen LogP contribution in [0.25, 0.3) is 87.0 Å². The molecule has 62 heavy (non-hydrogen) atoms. The largest absolute Gasteiger partial charge is 0.452 e. The molecule has 0 bridgehead atoms. The van der Waals surface area contributed by atoms with Crippen molar-refractivity contribution >= 4 is 121 Å². The van der Waals surface area contributed by atoms with Crippen LogP contribution in [0.5, 0.6) is 0 Å². The Morgan fingerprint density at radius 2 is 0.613 bits per heavy atom. The van der Waals surface area contributed by atoms with Crippen LogP contribution in [0, 0.1) is 0 Å². The van der Waals surface area contributed by atoms with E-state index in [9.17, 15) is 0 Å². The Balaban J connectivity index is 1.08. The molecule has 13 aromatic rings. The summed E-state index contributed by atoms with van der Waals surface area (Å²) in [6, 6.07) is 77.8. The Hall–Kier alpha value is -8.34. The van der Waals surface area contributed by atoms with E-state index >= 15 is 0 Å². The van der Waals surface area contributed by atoms with Crippen LogP contribution in [0.15, 0.2) is 227 Å². The third-order valence-electron chi connectivity index (χ3n) is 12.6. The number of hydrogen-bond donors (Lipinski definition) is 0. The van der Waals surface area contributed by atoms with Crippen LogP contribution in [0.4, 0.5) is 34.1 Å². The molecular formula is C58H36N2O2. The molecular weight excluding hydrogens is 757 g/mol. The topological polar surface area (TPSA) is 32.8 Å². The summed E-state index contributed by atoms with van der Waals surface area (Å²) in [5.41, 5.74) is 9.52. The highest BCUT2D eigenvalue weighted by molar-refractivity contribution is 6.30. The van der Waals surface area contributed by atoms with Gasteiger partial charge in [0, 0.05) is 66.6 Å². The van der Waals surface area contributed by atoms with Crippen molar-refractivity contribution in [2.75, 3.05) is 9.80 Å². The molecule has 0 atom stereocenters. The van der Waals surface area contributed by atoms with E-state index in [2.05, 4.69) is 228 Å². The zero-order chi connectivity index (χ0) is 40.7. The SMILES string of the molecule is c1ccc(N(c2cccc3ccccc23)c2cc3oc4c(ccc5c4oc4cc(N(c6ccccc6)c6cccc7ccccc67)c6ccccc6c45)c3c3ccccc23)cc1. The number of nitrogens with zero attached hydrogens (tertiary/aromatic N) is 2. The maximum Gasteiger partial charge on any atom is 0.178 e. The fraction of sp³-hybridized carbons (Fsp3) is 0. The first kappa shape index (κ1) is 34.5. The van der Waals surface area contributed by atoms with Gasteiger partial charge in [-0.2, -0.15) is 0 Å². The van der Waals surface area contributed by atoms with Crippen molar-refractivity contribution in [3.63, 3.8) is 0 Å². The van der Waals surface area contributed by atoms with Crippen molar-refractivity contribution in [3.8, 4) is 0 Å². The molecule has 0 aliphatic carbocycles. The number of furan rings is 2. The van der Waals surface area contributed by atoms with E-state index in [0.717, 1.165) is 99.5 Å². The zero-order valence-electron chi connectivity index (χ0n) is 33.5. The fourth-order valence-electron chi connectivity index (χ4n) is 9.90. The Morgan fingerprint density at radius 3 is 1.05 bits per heavy atom. The van der Waals surface area contributed by atoms with Crippen LogP contribution in [0.3, 0.4) is 0 Å². The van der Waals surface area contributed by atoms with Crippen molar-refractivity contribution < 1.29 is 8.83 Å². The summed E-state index contributed by atoms with van der Waals surface area (Å²) in [4.78, 5) is 4.74. The second-order valence-corrected chi connectivity index (χ2v) is 16.0. The number of rotatable bonds is 6. The van der Waals surface area contributed by atoms with Gasteiger partial charge in [0.25, 0.3) is 0 Å². The molecule has 290 valence electrons. The van der Waals surface area contributed by atoms with E-state index in [0.29, 0.717) is 0 Å². The molecule has 0 N–H and O–H groups in total. The van der Waals surface area contributed by atoms with E-state index in [1.807, 2.05) is 0 Å². The van der Waals surface area contributed by atoms with Gasteiger partial charge in [0.15, 0.2) is 11.2 Å². The number of para-hydroxylation sites is 2. The maximum absolute atomic E-state index is 7.10. The predicted octanol–water partition coefficient (Wildman–Crippen LogP) is 17.0. The first-order valence-corrected chi connectivity index (χ1v) is 21.1. The van der Waals surface area contributed by atoms with Gasteiger partial charge in [0.1, 0.15) is 11.2 Å². The number of hydrogen-bond acceptors (Lipinski definition) is 4. The van der Waals surface area contributed by atoms with Gasteiger partial charge in [-0.1, -0.05) is 158 Å². The minimum atomic E-state index is 0.743. The molecule has 2 heterocycles. The monoisotopic (exact) mass is 792 g/mol. The summed E-state index contributed by atoms with van der Waals surface area (Å²) in [6.07, 6.45) is 0. The average molecular weight is 793 g/mol. The van der Waals surface area contributed by atoms with Gasteiger partial charge in [-0.15, -0.1) is 0 Å². The van der Waals surface area contributed by atoms with Gasteiger partial charge in [-0.3, -0.25) is 0 Å². The molecule has 0 amide bonds. The van der Waals surface area contributed by atoms with Gasteiger partial charge in [-0.25, -0.2) is 0 Å². The molecule has 0 unspecified atom stereocenters. The third-order valence-corrected chi connectivity index (χ3v) is 12.6. The first-order chi connectivity index (χ1) is 30.8. The number of anilines is 6. The van der Waals surface area contributed by atoms with Gasteiger partial charge in [0.05, 0.1) is 22.7 Å². The molecule has 0 aliphatic rings. The highest BCUT2D eigenvalue weighted by Crippen LogP contribution is 2.50. The van der Waals surface area contributed by atoms with Crippen LogP contribution < -0.4 is 9.80 Å². The molecule has 4 heteroatoms. The summed E-state index contributed by atoms with van der Waals surface area (Å²) >= 11 is 0. The number of benzene rings is 11. The second kappa shape index (κ2) is 13.6. The minimum absolute atomic E-state index is 0.743. The summed E-state index contributed by atoms with van der Waals surface area (Å²) < 4.78 is 14.2. The van der Waals surface area contributed by atoms with E-state index < -0.39 is 0 Å². The van der Waals surface area contributed by atoms with Crippen LogP contribution in [0.1, 0.15) is 0 Å². The first-order valence-electron chi connectivity index (χ1n) is 21.1. The molecule has 0 fully saturated rings. The van der Waals surface area contributed by atoms with Crippen LogP contribution in [-0.2, 0) is 0 Å². The van der Waals surface area contributed by atoms with Gasteiger partial charge < -0.3 is 18.6 Å². The molecule has 11 aromatic carbocycles. The van der Waals surface area contributed by atoms with Crippen molar-refractivity contribution in [2.24, 2.45) is 0 Å². The van der Waals surface area contributed by atoms with Crippen molar-refractivity contribution in [3.05, 3.63) is 218 Å². The van der Waals surface area contributed by atoms with E-state index in [1.165, 1.54) is 21.5 Å². The van der Waals surface area contributed by atoms with E-state index in [-0.39, 0.29) is 0 Å². The highest BCUT2D eigenvalue weighted by Gasteiger charge is 2.26. The smallest absolute Gasteiger partial charge is 0.178 e. The molecule has 0 aliphatic heterocycles. The summed E-state index contributed by atoms with van der Waals surface area (Å²) in [6.45, 7) is 0. The highest BCUT2D eigenvalue weighted by atomic mass is 16.4. The lowest BCUT2D eigenvalue weighted by molar-refractivity contribution is 0.633. The summed E-state index contributed by atoms with van der Waals surface area (Å²) in [5.74, 6) is 0. The van der Waals surface area contributed by atoms with Crippen molar-refractivity contribution in [1.29, 1.82) is 0 Å². The van der Waals surface area contributed by atoms with Crippen LogP contribution in [0.2, 0.25) is 0 Å². The Bertz CT molecular complexity index is 3620. The van der Waals surface area contributed by atoms with E-state index in [1.54, 1.807) is 0 Å². The molecule has 0 saturated carbocycles. The second-order valence-electron chi connectivity index (χ2n) is 16.0. The Morgan fingerprint density at radius 1 is 0.258 bits per heavy atom. The van der Waals surface area contributed by atoms with Crippen molar-refractivity contribution in [1.82, 2.24) is 0 Å². The standard InChI is InChI=1S/C58H36N2O2/c1-3-21-39(22-4-1)59(49-31-15-19-37-17-7-9-25-41(37)49)51-35-53-55(45-29-13-11-27-43(45)51)47-33-34-48-56-46-30-14-12-28-44(46)52(36-54(56)62-58(48)57(47)61-53)60(40-23-5-2-6-24-40)50-32-16-20-38-18-8-10-26-42(38)50/h1-36H. The van der Waals surface area contributed by atoms with Gasteiger partial charge in [-0.05, 0) is 70.1 Å². The summed E-state index contributed by atoms with van der Waals surface area (Å²) in [7, 11) is 0.